The molecule has 0 bridgehead atoms. The van der Waals surface area contributed by atoms with Gasteiger partial charge in [-0.3, -0.25) is 9.59 Å². The molecule has 1 fully saturated rings. The normalized spacial score (nSPS) is 23.0. The number of hydrogen-bond donors (Lipinski definition) is 1. The van der Waals surface area contributed by atoms with Gasteiger partial charge in [-0.25, -0.2) is 18.4 Å². The number of carbonyl (C=O) groups is 2. The van der Waals surface area contributed by atoms with Crippen molar-refractivity contribution in [1.29, 1.82) is 0 Å². The Bertz CT molecular complexity index is 807. The lowest BCUT2D eigenvalue weighted by Gasteiger charge is -2.27. The Balaban J connectivity index is 1.75. The van der Waals surface area contributed by atoms with Crippen LogP contribution in [0.3, 0.4) is 0 Å². The quantitative estimate of drug-likeness (QED) is 0.847. The largest absolute Gasteiger partial charge is 0.305 e. The molecule has 24 heavy (non-hydrogen) atoms. The lowest BCUT2D eigenvalue weighted by molar-refractivity contribution is -0.133. The molecule has 0 saturated carbocycles. The SMILES string of the molecule is O=C(Nc1ccc(Cl)cn1)C1=NN(C2CCS(=O)(=O)C2)C(=O)CC1. The maximum atomic E-state index is 12.3. The molecule has 0 aliphatic carbocycles. The van der Waals surface area contributed by atoms with Gasteiger partial charge >= 0.3 is 0 Å². The third kappa shape index (κ3) is 3.73. The van der Waals surface area contributed by atoms with Crippen LogP contribution in [-0.4, -0.2) is 53.5 Å². The van der Waals surface area contributed by atoms with Gasteiger partial charge < -0.3 is 5.32 Å². The minimum Gasteiger partial charge on any atom is -0.305 e. The van der Waals surface area contributed by atoms with Crippen LogP contribution in [0.4, 0.5) is 5.82 Å². The van der Waals surface area contributed by atoms with E-state index < -0.39 is 21.8 Å². The van der Waals surface area contributed by atoms with E-state index in [0.717, 1.165) is 5.01 Å². The van der Waals surface area contributed by atoms with E-state index >= 15 is 0 Å². The summed E-state index contributed by atoms with van der Waals surface area (Å²) in [6.07, 6.45) is 2.06. The number of sulfone groups is 1. The fourth-order valence-electron chi connectivity index (χ4n) is 2.63. The Morgan fingerprint density at radius 3 is 2.75 bits per heavy atom. The Labute approximate surface area is 143 Å². The number of nitrogens with one attached hydrogen (secondary N) is 1. The third-order valence-electron chi connectivity index (χ3n) is 3.85. The van der Waals surface area contributed by atoms with E-state index in [0.29, 0.717) is 17.3 Å². The maximum absolute atomic E-state index is 12.3. The van der Waals surface area contributed by atoms with E-state index in [4.69, 9.17) is 11.6 Å². The van der Waals surface area contributed by atoms with Crippen LogP contribution in [0.1, 0.15) is 19.3 Å². The van der Waals surface area contributed by atoms with Crippen LogP contribution in [0, 0.1) is 0 Å². The molecule has 0 radical (unpaired) electrons. The molecular weight excluding hydrogens is 356 g/mol. The molecule has 3 heterocycles. The van der Waals surface area contributed by atoms with Crippen molar-refractivity contribution in [2.24, 2.45) is 5.10 Å². The Morgan fingerprint density at radius 2 is 2.12 bits per heavy atom. The fraction of sp³-hybridized carbons (Fsp3) is 0.429. The first-order chi connectivity index (χ1) is 11.3. The Morgan fingerprint density at radius 1 is 1.33 bits per heavy atom. The summed E-state index contributed by atoms with van der Waals surface area (Å²) < 4.78 is 23.2. The van der Waals surface area contributed by atoms with Gasteiger partial charge in [-0.2, -0.15) is 5.10 Å². The predicted molar refractivity (Wildman–Crippen MR) is 88.5 cm³/mol. The van der Waals surface area contributed by atoms with E-state index in [9.17, 15) is 18.0 Å². The molecule has 1 aromatic rings. The number of halogens is 1. The minimum absolute atomic E-state index is 0.0349. The summed E-state index contributed by atoms with van der Waals surface area (Å²) in [5.41, 5.74) is 0.177. The highest BCUT2D eigenvalue weighted by Gasteiger charge is 2.37. The van der Waals surface area contributed by atoms with Crippen molar-refractivity contribution >= 4 is 44.8 Å². The molecule has 3 rings (SSSR count). The Hall–Kier alpha value is -2.00. The first kappa shape index (κ1) is 16.8. The van der Waals surface area contributed by atoms with Gasteiger partial charge in [0.15, 0.2) is 9.84 Å². The lowest BCUT2D eigenvalue weighted by Crippen LogP contribution is -2.42. The van der Waals surface area contributed by atoms with Crippen molar-refractivity contribution in [2.45, 2.75) is 25.3 Å². The van der Waals surface area contributed by atoms with Crippen LogP contribution >= 0.6 is 11.6 Å². The fourth-order valence-corrected chi connectivity index (χ4v) is 4.43. The standard InChI is InChI=1S/C14H15ClN4O4S/c15-9-1-3-12(16-7-9)17-14(21)11-2-4-13(20)19(18-11)10-5-6-24(22,23)8-10/h1,3,7,10H,2,4-6,8H2,(H,16,17,21). The van der Waals surface area contributed by atoms with E-state index in [1.54, 1.807) is 12.1 Å². The molecular formula is C14H15ClN4O4S. The van der Waals surface area contributed by atoms with Crippen LogP contribution in [0.25, 0.3) is 0 Å². The minimum atomic E-state index is -3.14. The lowest BCUT2D eigenvalue weighted by atomic mass is 10.1. The molecule has 0 aromatic carbocycles. The van der Waals surface area contributed by atoms with Crippen LogP contribution in [-0.2, 0) is 19.4 Å². The number of nitrogens with zero attached hydrogens (tertiary/aromatic N) is 3. The van der Waals surface area contributed by atoms with Gasteiger partial charge in [0.05, 0.1) is 22.6 Å². The van der Waals surface area contributed by atoms with Gasteiger partial charge in [0, 0.05) is 19.0 Å². The average Bonchev–Trinajstić information content (AvgIpc) is 2.90. The van der Waals surface area contributed by atoms with Gasteiger partial charge in [-0.05, 0) is 18.6 Å². The molecule has 1 unspecified atom stereocenters. The van der Waals surface area contributed by atoms with Gasteiger partial charge in [0.25, 0.3) is 5.91 Å². The molecule has 1 saturated heterocycles. The molecule has 2 amide bonds. The summed E-state index contributed by atoms with van der Waals surface area (Å²) in [6, 6.07) is 2.64. The molecule has 1 aromatic heterocycles. The number of hydrogen-bond acceptors (Lipinski definition) is 6. The van der Waals surface area contributed by atoms with Crippen LogP contribution < -0.4 is 5.32 Å². The van der Waals surface area contributed by atoms with Gasteiger partial charge in [-0.15, -0.1) is 0 Å². The van der Waals surface area contributed by atoms with Crippen molar-refractivity contribution in [2.75, 3.05) is 16.8 Å². The number of anilines is 1. The zero-order chi connectivity index (χ0) is 17.3. The molecule has 8 nitrogen and oxygen atoms in total. The first-order valence-electron chi connectivity index (χ1n) is 7.37. The highest BCUT2D eigenvalue weighted by molar-refractivity contribution is 7.91. The van der Waals surface area contributed by atoms with Crippen molar-refractivity contribution in [3.8, 4) is 0 Å². The molecule has 2 aliphatic rings. The van der Waals surface area contributed by atoms with Crippen LogP contribution in [0.5, 0.6) is 0 Å². The van der Waals surface area contributed by atoms with E-state index in [1.165, 1.54) is 6.20 Å². The molecule has 10 heteroatoms. The van der Waals surface area contributed by atoms with Crippen molar-refractivity contribution in [3.63, 3.8) is 0 Å². The molecule has 0 spiro atoms. The maximum Gasteiger partial charge on any atom is 0.273 e. The highest BCUT2D eigenvalue weighted by Crippen LogP contribution is 2.22. The topological polar surface area (TPSA) is 109 Å². The monoisotopic (exact) mass is 370 g/mol. The number of rotatable bonds is 3. The second-order valence-electron chi connectivity index (χ2n) is 5.66. The molecule has 2 aliphatic heterocycles. The number of pyridine rings is 1. The summed E-state index contributed by atoms with van der Waals surface area (Å²) in [5.74, 6) is -0.497. The second kappa shape index (κ2) is 6.48. The Kier molecular flexibility index (Phi) is 4.55. The first-order valence-corrected chi connectivity index (χ1v) is 9.57. The van der Waals surface area contributed by atoms with Crippen molar-refractivity contribution < 1.29 is 18.0 Å². The van der Waals surface area contributed by atoms with Crippen LogP contribution in [0.2, 0.25) is 5.02 Å². The highest BCUT2D eigenvalue weighted by atomic mass is 35.5. The number of hydrazone groups is 1. The van der Waals surface area contributed by atoms with E-state index in [2.05, 4.69) is 15.4 Å². The summed E-state index contributed by atoms with van der Waals surface area (Å²) in [7, 11) is -3.14. The molecule has 1 N–H and O–H groups in total. The van der Waals surface area contributed by atoms with Crippen molar-refractivity contribution in [3.05, 3.63) is 23.4 Å². The zero-order valence-electron chi connectivity index (χ0n) is 12.6. The summed E-state index contributed by atoms with van der Waals surface area (Å²) >= 11 is 5.74. The van der Waals surface area contributed by atoms with Crippen LogP contribution in [0.15, 0.2) is 23.4 Å². The van der Waals surface area contributed by atoms with Gasteiger partial charge in [0.1, 0.15) is 11.5 Å². The summed E-state index contributed by atoms with van der Waals surface area (Å²) in [4.78, 5) is 28.3. The summed E-state index contributed by atoms with van der Waals surface area (Å²) in [6.45, 7) is 0. The predicted octanol–water partition coefficient (Wildman–Crippen LogP) is 0.839. The van der Waals surface area contributed by atoms with E-state index in [-0.39, 0.29) is 36.0 Å². The number of aromatic nitrogens is 1. The third-order valence-corrected chi connectivity index (χ3v) is 5.82. The second-order valence-corrected chi connectivity index (χ2v) is 8.32. The average molecular weight is 371 g/mol. The van der Waals surface area contributed by atoms with Gasteiger partial charge in [-0.1, -0.05) is 11.6 Å². The zero-order valence-corrected chi connectivity index (χ0v) is 14.2. The van der Waals surface area contributed by atoms with Gasteiger partial charge in [0.2, 0.25) is 5.91 Å². The number of carbonyl (C=O) groups excluding carboxylic acids is 2. The molecule has 128 valence electrons. The smallest absolute Gasteiger partial charge is 0.273 e. The summed E-state index contributed by atoms with van der Waals surface area (Å²) in [5, 5.41) is 8.28. The van der Waals surface area contributed by atoms with E-state index in [1.807, 2.05) is 0 Å². The number of amides is 2. The molecule has 1 atom stereocenters. The van der Waals surface area contributed by atoms with Crippen molar-refractivity contribution in [1.82, 2.24) is 9.99 Å².